The Morgan fingerprint density at radius 1 is 1.38 bits per heavy atom. The molecule has 0 aliphatic carbocycles. The van der Waals surface area contributed by atoms with Crippen molar-refractivity contribution in [3.63, 3.8) is 0 Å². The second-order valence-electron chi connectivity index (χ2n) is 4.00. The van der Waals surface area contributed by atoms with Gasteiger partial charge in [-0.3, -0.25) is 9.69 Å². The molecule has 0 aromatic heterocycles. The van der Waals surface area contributed by atoms with Crippen molar-refractivity contribution in [1.82, 2.24) is 10.2 Å². The van der Waals surface area contributed by atoms with E-state index < -0.39 is 0 Å². The monoisotopic (exact) mass is 184 g/mol. The molecular weight excluding hydrogens is 164 g/mol. The van der Waals surface area contributed by atoms with E-state index in [0.29, 0.717) is 12.3 Å². The van der Waals surface area contributed by atoms with Gasteiger partial charge >= 0.3 is 0 Å². The van der Waals surface area contributed by atoms with Gasteiger partial charge in [-0.25, -0.2) is 0 Å². The normalized spacial score (nSPS) is 20.2. The van der Waals surface area contributed by atoms with E-state index in [1.54, 1.807) is 0 Å². The molecule has 1 aliphatic rings. The average molecular weight is 184 g/mol. The van der Waals surface area contributed by atoms with E-state index >= 15 is 0 Å². The zero-order chi connectivity index (χ0) is 9.68. The predicted molar refractivity (Wildman–Crippen MR) is 53.8 cm³/mol. The minimum Gasteiger partial charge on any atom is -0.315 e. The summed E-state index contributed by atoms with van der Waals surface area (Å²) in [7, 11) is 0. The molecule has 1 N–H and O–H groups in total. The lowest BCUT2D eigenvalue weighted by molar-refractivity contribution is -0.123. The smallest absolute Gasteiger partial charge is 0.149 e. The zero-order valence-electron chi connectivity index (χ0n) is 8.68. The van der Waals surface area contributed by atoms with Crippen LogP contribution < -0.4 is 5.32 Å². The van der Waals surface area contributed by atoms with Crippen LogP contribution in [0.3, 0.4) is 0 Å². The van der Waals surface area contributed by atoms with E-state index in [0.717, 1.165) is 32.6 Å². The highest BCUT2D eigenvalue weighted by Gasteiger charge is 2.14. The number of ketones is 1. The standard InChI is InChI=1S/C10H20N2O/c1-9(2)10(13)8-12-6-3-4-11-5-7-12/h9,11H,3-8H2,1-2H3. The first kappa shape index (κ1) is 10.7. The highest BCUT2D eigenvalue weighted by molar-refractivity contribution is 5.82. The van der Waals surface area contributed by atoms with Crippen LogP contribution in [0.1, 0.15) is 20.3 Å². The summed E-state index contributed by atoms with van der Waals surface area (Å²) >= 11 is 0. The second-order valence-corrected chi connectivity index (χ2v) is 4.00. The van der Waals surface area contributed by atoms with E-state index in [4.69, 9.17) is 0 Å². The Hall–Kier alpha value is -0.410. The van der Waals surface area contributed by atoms with E-state index in [1.807, 2.05) is 13.8 Å². The van der Waals surface area contributed by atoms with Crippen molar-refractivity contribution in [3.8, 4) is 0 Å². The topological polar surface area (TPSA) is 32.3 Å². The van der Waals surface area contributed by atoms with Crippen LogP contribution in [0.5, 0.6) is 0 Å². The van der Waals surface area contributed by atoms with Crippen LogP contribution in [-0.2, 0) is 4.79 Å². The number of carbonyl (C=O) groups is 1. The average Bonchev–Trinajstić information content (AvgIpc) is 2.32. The molecule has 0 amide bonds. The molecule has 1 saturated heterocycles. The first-order valence-electron chi connectivity index (χ1n) is 5.16. The zero-order valence-corrected chi connectivity index (χ0v) is 8.68. The van der Waals surface area contributed by atoms with Gasteiger partial charge in [-0.05, 0) is 19.5 Å². The van der Waals surface area contributed by atoms with Gasteiger partial charge in [-0.1, -0.05) is 13.8 Å². The number of nitrogens with one attached hydrogen (secondary N) is 1. The van der Waals surface area contributed by atoms with Gasteiger partial charge in [0.15, 0.2) is 0 Å². The van der Waals surface area contributed by atoms with Crippen molar-refractivity contribution in [2.75, 3.05) is 32.7 Å². The highest BCUT2D eigenvalue weighted by Crippen LogP contribution is 2.00. The van der Waals surface area contributed by atoms with Crippen LogP contribution in [0.15, 0.2) is 0 Å². The number of nitrogens with zero attached hydrogens (tertiary/aromatic N) is 1. The van der Waals surface area contributed by atoms with Gasteiger partial charge in [0.05, 0.1) is 6.54 Å². The second kappa shape index (κ2) is 5.35. The van der Waals surface area contributed by atoms with E-state index in [2.05, 4.69) is 10.2 Å². The van der Waals surface area contributed by atoms with Gasteiger partial charge in [0, 0.05) is 19.0 Å². The molecule has 1 fully saturated rings. The summed E-state index contributed by atoms with van der Waals surface area (Å²) in [6.45, 7) is 8.76. The van der Waals surface area contributed by atoms with Gasteiger partial charge in [0.2, 0.25) is 0 Å². The molecule has 3 heteroatoms. The molecule has 0 radical (unpaired) electrons. The third kappa shape index (κ3) is 3.87. The van der Waals surface area contributed by atoms with E-state index in [-0.39, 0.29) is 5.92 Å². The number of hydrogen-bond donors (Lipinski definition) is 1. The van der Waals surface area contributed by atoms with Crippen LogP contribution in [0.25, 0.3) is 0 Å². The fraction of sp³-hybridized carbons (Fsp3) is 0.900. The lowest BCUT2D eigenvalue weighted by Gasteiger charge is -2.19. The summed E-state index contributed by atoms with van der Waals surface area (Å²) in [5, 5.41) is 3.33. The maximum atomic E-state index is 11.5. The van der Waals surface area contributed by atoms with Crippen LogP contribution >= 0.6 is 0 Å². The molecule has 1 heterocycles. The molecule has 3 nitrogen and oxygen atoms in total. The molecule has 0 spiro atoms. The summed E-state index contributed by atoms with van der Waals surface area (Å²) in [4.78, 5) is 13.7. The van der Waals surface area contributed by atoms with Gasteiger partial charge in [0.1, 0.15) is 5.78 Å². The van der Waals surface area contributed by atoms with Crippen LogP contribution in [0, 0.1) is 5.92 Å². The molecule has 0 aromatic rings. The predicted octanol–water partition coefficient (Wildman–Crippen LogP) is 0.507. The van der Waals surface area contributed by atoms with Crippen molar-refractivity contribution in [3.05, 3.63) is 0 Å². The molecule has 0 aromatic carbocycles. The third-order valence-electron chi connectivity index (χ3n) is 2.46. The summed E-state index contributed by atoms with van der Waals surface area (Å²) in [6.07, 6.45) is 1.16. The highest BCUT2D eigenvalue weighted by atomic mass is 16.1. The fourth-order valence-corrected chi connectivity index (χ4v) is 1.46. The van der Waals surface area contributed by atoms with Crippen molar-refractivity contribution < 1.29 is 4.79 Å². The lowest BCUT2D eigenvalue weighted by Crippen LogP contribution is -2.34. The molecule has 76 valence electrons. The first-order valence-corrected chi connectivity index (χ1v) is 5.16. The maximum absolute atomic E-state index is 11.5. The van der Waals surface area contributed by atoms with Crippen molar-refractivity contribution >= 4 is 5.78 Å². The quantitative estimate of drug-likeness (QED) is 0.693. The fourth-order valence-electron chi connectivity index (χ4n) is 1.46. The molecular formula is C10H20N2O. The summed E-state index contributed by atoms with van der Waals surface area (Å²) in [5.41, 5.74) is 0. The Morgan fingerprint density at radius 2 is 2.15 bits per heavy atom. The first-order chi connectivity index (χ1) is 6.20. The van der Waals surface area contributed by atoms with E-state index in [1.165, 1.54) is 0 Å². The van der Waals surface area contributed by atoms with Gasteiger partial charge < -0.3 is 5.32 Å². The Bertz CT molecular complexity index is 160. The number of hydrogen-bond acceptors (Lipinski definition) is 3. The van der Waals surface area contributed by atoms with Crippen LogP contribution in [0.2, 0.25) is 0 Å². The van der Waals surface area contributed by atoms with Gasteiger partial charge in [0.25, 0.3) is 0 Å². The molecule has 1 aliphatic heterocycles. The number of rotatable bonds is 3. The summed E-state index contributed by atoms with van der Waals surface area (Å²) in [5.74, 6) is 0.540. The molecule has 0 unspecified atom stereocenters. The molecule has 13 heavy (non-hydrogen) atoms. The number of carbonyl (C=O) groups excluding carboxylic acids is 1. The van der Waals surface area contributed by atoms with Crippen molar-refractivity contribution in [2.24, 2.45) is 5.92 Å². The Morgan fingerprint density at radius 3 is 2.85 bits per heavy atom. The van der Waals surface area contributed by atoms with Crippen molar-refractivity contribution in [1.29, 1.82) is 0 Å². The number of Topliss-reactive ketones (excluding diaryl/α,β-unsaturated/α-hetero) is 1. The van der Waals surface area contributed by atoms with Crippen LogP contribution in [0.4, 0.5) is 0 Å². The molecule has 0 atom stereocenters. The molecule has 0 bridgehead atoms. The molecule has 0 saturated carbocycles. The Kier molecular flexibility index (Phi) is 4.39. The minimum absolute atomic E-state index is 0.177. The Balaban J connectivity index is 2.29. The van der Waals surface area contributed by atoms with Gasteiger partial charge in [-0.15, -0.1) is 0 Å². The van der Waals surface area contributed by atoms with E-state index in [9.17, 15) is 4.79 Å². The third-order valence-corrected chi connectivity index (χ3v) is 2.46. The summed E-state index contributed by atoms with van der Waals surface area (Å²) < 4.78 is 0. The van der Waals surface area contributed by atoms with Crippen LogP contribution in [-0.4, -0.2) is 43.4 Å². The maximum Gasteiger partial charge on any atom is 0.149 e. The largest absolute Gasteiger partial charge is 0.315 e. The minimum atomic E-state index is 0.177. The van der Waals surface area contributed by atoms with Crippen molar-refractivity contribution in [2.45, 2.75) is 20.3 Å². The van der Waals surface area contributed by atoms with Gasteiger partial charge in [-0.2, -0.15) is 0 Å². The molecule has 1 rings (SSSR count). The lowest BCUT2D eigenvalue weighted by atomic mass is 10.1. The Labute approximate surface area is 80.5 Å². The summed E-state index contributed by atoms with van der Waals surface area (Å²) in [6, 6.07) is 0. The SMILES string of the molecule is CC(C)C(=O)CN1CCCNCC1.